The maximum atomic E-state index is 14.6. The summed E-state index contributed by atoms with van der Waals surface area (Å²) in [6, 6.07) is 7.69. The monoisotopic (exact) mass is 636 g/mol. The number of allylic oxidation sites excluding steroid dienone is 1. The van der Waals surface area contributed by atoms with Gasteiger partial charge in [-0.25, -0.2) is 0 Å². The third-order valence-corrected chi connectivity index (χ3v) is 10.2. The van der Waals surface area contributed by atoms with Gasteiger partial charge >= 0.3 is 5.97 Å². The van der Waals surface area contributed by atoms with E-state index < -0.39 is 53.6 Å². The van der Waals surface area contributed by atoms with Gasteiger partial charge in [0.2, 0.25) is 17.7 Å². The molecule has 3 amide bonds. The van der Waals surface area contributed by atoms with Crippen molar-refractivity contribution in [1.29, 1.82) is 0 Å². The van der Waals surface area contributed by atoms with Crippen LogP contribution in [0.1, 0.15) is 31.4 Å². The van der Waals surface area contributed by atoms with E-state index in [-0.39, 0.29) is 37.9 Å². The van der Waals surface area contributed by atoms with Gasteiger partial charge in [0.1, 0.15) is 23.7 Å². The molecule has 1 N–H and O–H groups in total. The molecule has 5 heterocycles. The number of aliphatic hydroxyl groups excluding tert-OH is 1. The maximum absolute atomic E-state index is 14.6. The van der Waals surface area contributed by atoms with E-state index in [2.05, 4.69) is 4.90 Å². The maximum Gasteiger partial charge on any atom is 0.313 e. The van der Waals surface area contributed by atoms with Crippen molar-refractivity contribution in [1.82, 2.24) is 19.6 Å². The minimum absolute atomic E-state index is 0.0686. The molecule has 5 aliphatic rings. The molecule has 1 aromatic carbocycles. The summed E-state index contributed by atoms with van der Waals surface area (Å²) in [6.45, 7) is 5.51. The molecule has 3 saturated heterocycles. The van der Waals surface area contributed by atoms with Crippen molar-refractivity contribution in [3.63, 3.8) is 0 Å². The van der Waals surface area contributed by atoms with Crippen molar-refractivity contribution in [3.05, 3.63) is 60.2 Å². The van der Waals surface area contributed by atoms with Crippen molar-refractivity contribution in [2.24, 2.45) is 11.8 Å². The number of amides is 3. The number of β-amino-alcohol motifs (C(OH)–C–C–N with tert-alkyl or cyclic N) is 1. The zero-order valence-corrected chi connectivity index (χ0v) is 26.5. The van der Waals surface area contributed by atoms with Crippen molar-refractivity contribution >= 4 is 23.7 Å². The first-order valence-electron chi connectivity index (χ1n) is 16.3. The molecule has 7 atom stereocenters. The quantitative estimate of drug-likeness (QED) is 0.356. The first-order chi connectivity index (χ1) is 22.3. The Balaban J connectivity index is 1.37. The third-order valence-electron chi connectivity index (χ3n) is 10.2. The highest BCUT2D eigenvalue weighted by Crippen LogP contribution is 2.55. The number of carbonyl (C=O) groups excluding carboxylic acids is 4. The lowest BCUT2D eigenvalue weighted by molar-refractivity contribution is -0.164. The summed E-state index contributed by atoms with van der Waals surface area (Å²) < 4.78 is 18.2. The van der Waals surface area contributed by atoms with Crippen molar-refractivity contribution < 1.29 is 38.5 Å². The van der Waals surface area contributed by atoms with Gasteiger partial charge in [0.25, 0.3) is 0 Å². The van der Waals surface area contributed by atoms with Crippen LogP contribution in [0, 0.1) is 11.8 Å². The third kappa shape index (κ3) is 5.87. The molecule has 1 aromatic rings. The van der Waals surface area contributed by atoms with E-state index in [0.717, 1.165) is 18.7 Å². The number of ether oxygens (including phenoxy) is 3. The average molecular weight is 637 g/mol. The van der Waals surface area contributed by atoms with Crippen molar-refractivity contribution in [3.8, 4) is 0 Å². The fourth-order valence-corrected chi connectivity index (χ4v) is 7.54. The lowest BCUT2D eigenvalue weighted by Crippen LogP contribution is -2.57. The van der Waals surface area contributed by atoms with Crippen molar-refractivity contribution in [2.75, 3.05) is 66.1 Å². The standard InChI is InChI=1S/C34H44N4O8/c1-23-29(24-9-5-3-6-10-24)45-33(43)27-25-12-13-34(46-25)28(27)31(41)38(17-20-39)30(34)32(42)37(16-15-36-18-21-44-22-19-36)14-8-4-7-11-26(40)35(23)2/h3-6,8-10,12-13,23,25,27-30,39H,7,11,14-22H2,1-2H3/b8-4-/t23-,25+,27-,28-,29+,30+,34-/m1/s1. The number of nitrogens with zero attached hydrogens (tertiary/aromatic N) is 4. The lowest BCUT2D eigenvalue weighted by Gasteiger charge is -2.36. The zero-order valence-electron chi connectivity index (χ0n) is 26.5. The summed E-state index contributed by atoms with van der Waals surface area (Å²) in [5.41, 5.74) is -0.647. The molecular formula is C34H44N4O8. The second-order valence-corrected chi connectivity index (χ2v) is 12.7. The minimum Gasteiger partial charge on any atom is -0.455 e. The van der Waals surface area contributed by atoms with Gasteiger partial charge in [-0.15, -0.1) is 0 Å². The number of carbonyl (C=O) groups is 4. The predicted octanol–water partition coefficient (Wildman–Crippen LogP) is 0.772. The number of cyclic esters (lactones) is 1. The highest BCUT2D eigenvalue weighted by Gasteiger charge is 2.73. The van der Waals surface area contributed by atoms with E-state index in [1.165, 1.54) is 4.90 Å². The number of likely N-dealkylation sites (tertiary alicyclic amines) is 1. The van der Waals surface area contributed by atoms with E-state index in [0.29, 0.717) is 32.7 Å². The zero-order chi connectivity index (χ0) is 32.4. The summed E-state index contributed by atoms with van der Waals surface area (Å²) in [7, 11) is 1.71. The van der Waals surface area contributed by atoms with Crippen LogP contribution in [0.25, 0.3) is 0 Å². The van der Waals surface area contributed by atoms with Gasteiger partial charge in [-0.3, -0.25) is 24.1 Å². The Morgan fingerprint density at radius 1 is 0.978 bits per heavy atom. The number of likely N-dealkylation sites (N-methyl/N-ethyl adjacent to an activating group) is 1. The molecular weight excluding hydrogens is 592 g/mol. The molecule has 12 nitrogen and oxygen atoms in total. The Bertz CT molecular complexity index is 1360. The van der Waals surface area contributed by atoms with Crippen LogP contribution in [0.15, 0.2) is 54.6 Å². The summed E-state index contributed by atoms with van der Waals surface area (Å²) >= 11 is 0. The molecule has 0 unspecified atom stereocenters. The van der Waals surface area contributed by atoms with E-state index in [1.54, 1.807) is 29.0 Å². The normalized spacial score (nSPS) is 34.7. The highest BCUT2D eigenvalue weighted by atomic mass is 16.6. The molecule has 0 aliphatic carbocycles. The first-order valence-corrected chi connectivity index (χ1v) is 16.3. The molecule has 12 heteroatoms. The van der Waals surface area contributed by atoms with Gasteiger partial charge in [0.15, 0.2) is 0 Å². The number of rotatable bonds is 6. The van der Waals surface area contributed by atoms with Gasteiger partial charge in [0, 0.05) is 52.7 Å². The summed E-state index contributed by atoms with van der Waals surface area (Å²) in [5, 5.41) is 9.99. The van der Waals surface area contributed by atoms with Crippen LogP contribution in [-0.2, 0) is 33.4 Å². The number of fused-ring (bicyclic) bond motifs is 2. The molecule has 46 heavy (non-hydrogen) atoms. The number of hydrogen-bond donors (Lipinski definition) is 1. The van der Waals surface area contributed by atoms with Gasteiger partial charge in [-0.05, 0) is 18.9 Å². The van der Waals surface area contributed by atoms with E-state index in [9.17, 15) is 24.3 Å². The topological polar surface area (TPSA) is 129 Å². The molecule has 0 radical (unpaired) electrons. The fourth-order valence-electron chi connectivity index (χ4n) is 7.54. The molecule has 248 valence electrons. The minimum atomic E-state index is -1.37. The number of aliphatic hydroxyl groups is 1. The van der Waals surface area contributed by atoms with Crippen LogP contribution >= 0.6 is 0 Å². The number of morpholine rings is 1. The number of esters is 1. The van der Waals surface area contributed by atoms with Crippen LogP contribution in [0.2, 0.25) is 0 Å². The van der Waals surface area contributed by atoms with E-state index in [1.807, 2.05) is 49.4 Å². The highest BCUT2D eigenvalue weighted by molar-refractivity contribution is 5.99. The molecule has 0 aromatic heterocycles. The summed E-state index contributed by atoms with van der Waals surface area (Å²) in [6.07, 6.45) is 6.48. The Kier molecular flexibility index (Phi) is 9.60. The van der Waals surface area contributed by atoms with E-state index in [4.69, 9.17) is 14.2 Å². The Morgan fingerprint density at radius 3 is 2.48 bits per heavy atom. The second kappa shape index (κ2) is 13.6. The first kappa shape index (κ1) is 32.4. The molecule has 0 saturated carbocycles. The van der Waals surface area contributed by atoms with Crippen LogP contribution < -0.4 is 0 Å². The molecule has 1 spiro atoms. The Hall–Kier alpha value is -3.58. The fraction of sp³-hybridized carbons (Fsp3) is 0.588. The summed E-state index contributed by atoms with van der Waals surface area (Å²) in [5.74, 6) is -3.43. The number of benzene rings is 1. The van der Waals surface area contributed by atoms with Crippen LogP contribution in [0.4, 0.5) is 0 Å². The van der Waals surface area contributed by atoms with Crippen molar-refractivity contribution in [2.45, 2.75) is 49.7 Å². The van der Waals surface area contributed by atoms with Gasteiger partial charge in [0.05, 0.1) is 37.9 Å². The predicted molar refractivity (Wildman–Crippen MR) is 166 cm³/mol. The smallest absolute Gasteiger partial charge is 0.313 e. The van der Waals surface area contributed by atoms with Gasteiger partial charge < -0.3 is 34.0 Å². The van der Waals surface area contributed by atoms with Crippen LogP contribution in [0.5, 0.6) is 0 Å². The Labute approximate surface area is 269 Å². The summed E-state index contributed by atoms with van der Waals surface area (Å²) in [4.78, 5) is 63.1. The second-order valence-electron chi connectivity index (χ2n) is 12.7. The van der Waals surface area contributed by atoms with E-state index >= 15 is 0 Å². The largest absolute Gasteiger partial charge is 0.455 e. The lowest BCUT2D eigenvalue weighted by atomic mass is 9.74. The number of hydrogen-bond acceptors (Lipinski definition) is 9. The SMILES string of the molecule is C[C@@H]1[C@@H](c2ccccc2)OC(=O)[C@@H]2[C@@H]3C=C[C@]4(O3)[C@H](C(=O)N(CCN3CCOCC3)C/C=C\CCC(=O)N1C)N(CCO)C(=O)[C@@H]24. The molecule has 6 rings (SSSR count). The molecule has 5 bridgehead atoms. The van der Waals surface area contributed by atoms with Crippen LogP contribution in [-0.4, -0.2) is 138 Å². The van der Waals surface area contributed by atoms with Crippen LogP contribution in [0.3, 0.4) is 0 Å². The van der Waals surface area contributed by atoms with Gasteiger partial charge in [-0.1, -0.05) is 54.6 Å². The van der Waals surface area contributed by atoms with Gasteiger partial charge in [-0.2, -0.15) is 0 Å². The average Bonchev–Trinajstić information content (AvgIpc) is 3.71. The molecule has 5 aliphatic heterocycles. The molecule has 3 fully saturated rings. The Morgan fingerprint density at radius 2 is 1.74 bits per heavy atom.